The number of halogens is 2. The highest BCUT2D eigenvalue weighted by atomic mass is 35.5. The molecule has 21 heavy (non-hydrogen) atoms. The van der Waals surface area contributed by atoms with E-state index in [1.165, 1.54) is 0 Å². The Balaban J connectivity index is 1.98. The van der Waals surface area contributed by atoms with Crippen LogP contribution in [0.4, 0.5) is 10.1 Å². The first-order chi connectivity index (χ1) is 9.95. The Morgan fingerprint density at radius 3 is 2.67 bits per heavy atom. The van der Waals surface area contributed by atoms with E-state index in [2.05, 4.69) is 9.71 Å². The largest absolute Gasteiger partial charge is 0.361 e. The van der Waals surface area contributed by atoms with Crippen LogP contribution in [0.2, 0.25) is 5.02 Å². The third kappa shape index (κ3) is 2.72. The van der Waals surface area contributed by atoms with Crippen LogP contribution in [0.25, 0.3) is 10.9 Å². The van der Waals surface area contributed by atoms with Crippen molar-refractivity contribution in [1.82, 2.24) is 4.98 Å². The molecule has 0 saturated carbocycles. The van der Waals surface area contributed by atoms with E-state index in [1.807, 2.05) is 6.07 Å². The number of anilines is 1. The van der Waals surface area contributed by atoms with E-state index in [4.69, 9.17) is 11.6 Å². The van der Waals surface area contributed by atoms with E-state index in [9.17, 15) is 12.8 Å². The molecule has 0 aliphatic heterocycles. The summed E-state index contributed by atoms with van der Waals surface area (Å²) < 4.78 is 40.0. The zero-order valence-corrected chi connectivity index (χ0v) is 12.2. The number of hydrogen-bond acceptors (Lipinski definition) is 2. The van der Waals surface area contributed by atoms with Crippen LogP contribution in [0.1, 0.15) is 0 Å². The number of sulfonamides is 1. The molecule has 3 aromatic rings. The average Bonchev–Trinajstić information content (AvgIpc) is 2.85. The second-order valence-electron chi connectivity index (χ2n) is 4.46. The second kappa shape index (κ2) is 5.05. The van der Waals surface area contributed by atoms with Gasteiger partial charge in [0.05, 0.1) is 5.02 Å². The summed E-state index contributed by atoms with van der Waals surface area (Å²) in [5.74, 6) is -0.590. The van der Waals surface area contributed by atoms with Crippen molar-refractivity contribution in [3.63, 3.8) is 0 Å². The lowest BCUT2D eigenvalue weighted by molar-refractivity contribution is 0.600. The van der Waals surface area contributed by atoms with Gasteiger partial charge in [-0.15, -0.1) is 0 Å². The summed E-state index contributed by atoms with van der Waals surface area (Å²) in [6.45, 7) is 0. The number of hydrogen-bond donors (Lipinski definition) is 2. The molecule has 108 valence electrons. The molecule has 0 saturated heterocycles. The number of nitrogens with one attached hydrogen (secondary N) is 2. The van der Waals surface area contributed by atoms with Gasteiger partial charge in [0, 0.05) is 22.8 Å². The SMILES string of the molecule is O=S(=O)(Nc1ccc2[nH]ccc2c1)c1ccc(F)cc1Cl. The van der Waals surface area contributed by atoms with E-state index >= 15 is 0 Å². The molecule has 0 radical (unpaired) electrons. The lowest BCUT2D eigenvalue weighted by Crippen LogP contribution is -2.13. The average molecular weight is 325 g/mol. The molecule has 0 atom stereocenters. The highest BCUT2D eigenvalue weighted by Gasteiger charge is 2.18. The molecule has 0 amide bonds. The number of aromatic nitrogens is 1. The van der Waals surface area contributed by atoms with Gasteiger partial charge in [-0.3, -0.25) is 4.72 Å². The predicted molar refractivity (Wildman–Crippen MR) is 80.5 cm³/mol. The fraction of sp³-hybridized carbons (Fsp3) is 0. The van der Waals surface area contributed by atoms with Crippen LogP contribution >= 0.6 is 11.6 Å². The Bertz CT molecular complexity index is 922. The van der Waals surface area contributed by atoms with Crippen LogP contribution in [-0.4, -0.2) is 13.4 Å². The highest BCUT2D eigenvalue weighted by Crippen LogP contribution is 2.25. The first kappa shape index (κ1) is 13.9. The summed E-state index contributed by atoms with van der Waals surface area (Å²) in [4.78, 5) is 2.85. The molecule has 7 heteroatoms. The van der Waals surface area contributed by atoms with Crippen LogP contribution in [0, 0.1) is 5.82 Å². The number of aromatic amines is 1. The quantitative estimate of drug-likeness (QED) is 0.770. The summed E-state index contributed by atoms with van der Waals surface area (Å²) in [6.07, 6.45) is 1.76. The Hall–Kier alpha value is -2.05. The molecule has 0 spiro atoms. The molecule has 0 unspecified atom stereocenters. The molecule has 0 fully saturated rings. The fourth-order valence-corrected chi connectivity index (χ4v) is 3.60. The van der Waals surface area contributed by atoms with Crippen molar-refractivity contribution in [2.24, 2.45) is 0 Å². The molecule has 0 aliphatic carbocycles. The van der Waals surface area contributed by atoms with Crippen LogP contribution < -0.4 is 4.72 Å². The summed E-state index contributed by atoms with van der Waals surface area (Å²) in [7, 11) is -3.87. The van der Waals surface area contributed by atoms with E-state index in [0.717, 1.165) is 29.1 Å². The first-order valence-electron chi connectivity index (χ1n) is 6.01. The van der Waals surface area contributed by atoms with Gasteiger partial charge in [-0.1, -0.05) is 11.6 Å². The van der Waals surface area contributed by atoms with Crippen molar-refractivity contribution < 1.29 is 12.8 Å². The van der Waals surface area contributed by atoms with Crippen molar-refractivity contribution in [2.75, 3.05) is 4.72 Å². The van der Waals surface area contributed by atoms with Crippen LogP contribution in [0.5, 0.6) is 0 Å². The molecule has 1 heterocycles. The van der Waals surface area contributed by atoms with Crippen LogP contribution in [-0.2, 0) is 10.0 Å². The molecular formula is C14H10ClFN2O2S. The summed E-state index contributed by atoms with van der Waals surface area (Å²) in [5.41, 5.74) is 1.31. The molecule has 3 rings (SSSR count). The van der Waals surface area contributed by atoms with Crippen LogP contribution in [0.15, 0.2) is 53.6 Å². The lowest BCUT2D eigenvalue weighted by atomic mass is 10.2. The maximum absolute atomic E-state index is 13.0. The van der Waals surface area contributed by atoms with Gasteiger partial charge in [0.2, 0.25) is 0 Å². The summed E-state index contributed by atoms with van der Waals surface area (Å²) in [6, 6.07) is 10.1. The van der Waals surface area contributed by atoms with Crippen molar-refractivity contribution >= 4 is 38.2 Å². The minimum atomic E-state index is -3.87. The van der Waals surface area contributed by atoms with Gasteiger partial charge in [0.15, 0.2) is 0 Å². The van der Waals surface area contributed by atoms with E-state index in [0.29, 0.717) is 5.69 Å². The van der Waals surface area contributed by atoms with Crippen molar-refractivity contribution in [2.45, 2.75) is 4.90 Å². The normalized spacial score (nSPS) is 11.7. The summed E-state index contributed by atoms with van der Waals surface area (Å²) >= 11 is 5.79. The molecule has 2 aromatic carbocycles. The van der Waals surface area contributed by atoms with Crippen molar-refractivity contribution in [1.29, 1.82) is 0 Å². The standard InChI is InChI=1S/C14H10ClFN2O2S/c15-12-8-10(16)1-4-14(12)21(19,20)18-11-2-3-13-9(7-11)5-6-17-13/h1-8,17-18H. The smallest absolute Gasteiger partial charge is 0.263 e. The van der Waals surface area contributed by atoms with E-state index in [-0.39, 0.29) is 9.92 Å². The maximum atomic E-state index is 13.0. The molecule has 1 aromatic heterocycles. The number of benzene rings is 2. The Morgan fingerprint density at radius 1 is 1.10 bits per heavy atom. The minimum absolute atomic E-state index is 0.162. The fourth-order valence-electron chi connectivity index (χ4n) is 2.02. The topological polar surface area (TPSA) is 62.0 Å². The first-order valence-corrected chi connectivity index (χ1v) is 7.87. The second-order valence-corrected chi connectivity index (χ2v) is 6.52. The van der Waals surface area contributed by atoms with Gasteiger partial charge in [-0.25, -0.2) is 12.8 Å². The lowest BCUT2D eigenvalue weighted by Gasteiger charge is -2.09. The van der Waals surface area contributed by atoms with Crippen molar-refractivity contribution in [3.05, 3.63) is 59.5 Å². The highest BCUT2D eigenvalue weighted by molar-refractivity contribution is 7.92. The Labute approximate surface area is 125 Å². The molecule has 0 bridgehead atoms. The van der Waals surface area contributed by atoms with Gasteiger partial charge in [0.1, 0.15) is 10.7 Å². The van der Waals surface area contributed by atoms with Crippen LogP contribution in [0.3, 0.4) is 0 Å². The van der Waals surface area contributed by atoms with Gasteiger partial charge in [-0.2, -0.15) is 0 Å². The molecule has 4 nitrogen and oxygen atoms in total. The van der Waals surface area contributed by atoms with E-state index < -0.39 is 15.8 Å². The third-order valence-electron chi connectivity index (χ3n) is 2.99. The maximum Gasteiger partial charge on any atom is 0.263 e. The minimum Gasteiger partial charge on any atom is -0.361 e. The van der Waals surface area contributed by atoms with Gasteiger partial charge in [-0.05, 0) is 42.5 Å². The van der Waals surface area contributed by atoms with Crippen molar-refractivity contribution in [3.8, 4) is 0 Å². The summed E-state index contributed by atoms with van der Waals surface area (Å²) in [5, 5.41) is 0.714. The number of fused-ring (bicyclic) bond motifs is 1. The zero-order chi connectivity index (χ0) is 15.0. The van der Waals surface area contributed by atoms with Gasteiger partial charge < -0.3 is 4.98 Å². The van der Waals surface area contributed by atoms with Gasteiger partial charge in [0.25, 0.3) is 10.0 Å². The number of rotatable bonds is 3. The monoisotopic (exact) mass is 324 g/mol. The Kier molecular flexibility index (Phi) is 3.35. The van der Waals surface area contributed by atoms with Gasteiger partial charge >= 0.3 is 0 Å². The predicted octanol–water partition coefficient (Wildman–Crippen LogP) is 3.76. The Morgan fingerprint density at radius 2 is 1.90 bits per heavy atom. The third-order valence-corrected chi connectivity index (χ3v) is 4.85. The molecule has 2 N–H and O–H groups in total. The molecular weight excluding hydrogens is 315 g/mol. The zero-order valence-electron chi connectivity index (χ0n) is 10.6. The number of H-pyrrole nitrogens is 1. The molecule has 0 aliphatic rings. The van der Waals surface area contributed by atoms with E-state index in [1.54, 1.807) is 24.4 Å².